The smallest absolute Gasteiger partial charge is 0.238 e. The van der Waals surface area contributed by atoms with E-state index in [1.165, 1.54) is 11.9 Å². The maximum Gasteiger partial charge on any atom is 0.238 e. The highest BCUT2D eigenvalue weighted by Gasteiger charge is 2.29. The van der Waals surface area contributed by atoms with Crippen molar-refractivity contribution in [3.8, 4) is 0 Å². The number of aromatic nitrogens is 3. The zero-order valence-electron chi connectivity index (χ0n) is 14.5. The first-order valence-corrected chi connectivity index (χ1v) is 8.43. The summed E-state index contributed by atoms with van der Waals surface area (Å²) in [6.07, 6.45) is 3.59. The second-order valence-corrected chi connectivity index (χ2v) is 7.37. The number of carbonyl (C=O) groups is 1. The van der Waals surface area contributed by atoms with Gasteiger partial charge < -0.3 is 5.32 Å². The van der Waals surface area contributed by atoms with Gasteiger partial charge >= 0.3 is 0 Å². The number of H-pyrrole nitrogens is 1. The number of likely N-dealkylation sites (tertiary alicyclic amines) is 1. The summed E-state index contributed by atoms with van der Waals surface area (Å²) in [6.45, 7) is 7.81. The van der Waals surface area contributed by atoms with Gasteiger partial charge in [-0.15, -0.1) is 0 Å². The van der Waals surface area contributed by atoms with Gasteiger partial charge in [0.1, 0.15) is 12.2 Å². The van der Waals surface area contributed by atoms with Crippen LogP contribution in [0, 0.1) is 0 Å². The Labute approximate surface area is 142 Å². The Morgan fingerprint density at radius 2 is 2.08 bits per heavy atom. The lowest BCUT2D eigenvalue weighted by Crippen LogP contribution is -2.33. The van der Waals surface area contributed by atoms with Crippen LogP contribution in [0.15, 0.2) is 30.6 Å². The average Bonchev–Trinajstić information content (AvgIpc) is 3.17. The zero-order valence-corrected chi connectivity index (χ0v) is 14.5. The second-order valence-electron chi connectivity index (χ2n) is 7.37. The first-order valence-electron chi connectivity index (χ1n) is 8.43. The fourth-order valence-corrected chi connectivity index (χ4v) is 3.14. The van der Waals surface area contributed by atoms with E-state index in [2.05, 4.69) is 58.3 Å². The van der Waals surface area contributed by atoms with Gasteiger partial charge in [-0.3, -0.25) is 14.8 Å². The van der Waals surface area contributed by atoms with Crippen LogP contribution in [0.3, 0.4) is 0 Å². The van der Waals surface area contributed by atoms with Gasteiger partial charge in [-0.05, 0) is 42.5 Å². The molecule has 2 aromatic rings. The SMILES string of the molecule is CC(C)(C)c1ccc(NC(=O)CN2CCC[C@H]2c2ncn[nH]2)cc1. The Balaban J connectivity index is 1.59. The molecule has 24 heavy (non-hydrogen) atoms. The molecule has 128 valence electrons. The summed E-state index contributed by atoms with van der Waals surface area (Å²) in [5, 5.41) is 9.82. The summed E-state index contributed by atoms with van der Waals surface area (Å²) in [7, 11) is 0. The van der Waals surface area contributed by atoms with Gasteiger partial charge in [0, 0.05) is 5.69 Å². The maximum atomic E-state index is 12.4. The van der Waals surface area contributed by atoms with Gasteiger partial charge in [0.05, 0.1) is 12.6 Å². The van der Waals surface area contributed by atoms with Crippen molar-refractivity contribution in [3.63, 3.8) is 0 Å². The van der Waals surface area contributed by atoms with E-state index in [0.29, 0.717) is 6.54 Å². The number of hydrogen-bond donors (Lipinski definition) is 2. The standard InChI is InChI=1S/C18H25N5O/c1-18(2,3)13-6-8-14(9-7-13)21-16(24)11-23-10-4-5-15(23)17-19-12-20-22-17/h6-9,12,15H,4-5,10-11H2,1-3H3,(H,21,24)(H,19,20,22)/t15-/m0/s1. The molecule has 0 radical (unpaired) electrons. The van der Waals surface area contributed by atoms with E-state index >= 15 is 0 Å². The molecule has 1 aromatic carbocycles. The topological polar surface area (TPSA) is 73.9 Å². The van der Waals surface area contributed by atoms with Gasteiger partial charge in [0.2, 0.25) is 5.91 Å². The highest BCUT2D eigenvalue weighted by atomic mass is 16.2. The summed E-state index contributed by atoms with van der Waals surface area (Å²) < 4.78 is 0. The lowest BCUT2D eigenvalue weighted by atomic mass is 9.87. The van der Waals surface area contributed by atoms with Crippen LogP contribution in [0.25, 0.3) is 0 Å². The van der Waals surface area contributed by atoms with Gasteiger partial charge in [0.15, 0.2) is 0 Å². The largest absolute Gasteiger partial charge is 0.325 e. The number of carbonyl (C=O) groups excluding carboxylic acids is 1. The Bertz CT molecular complexity index is 672. The lowest BCUT2D eigenvalue weighted by Gasteiger charge is -2.22. The number of rotatable bonds is 4. The molecule has 1 aliphatic heterocycles. The number of nitrogens with zero attached hydrogens (tertiary/aromatic N) is 3. The molecule has 0 aliphatic carbocycles. The third kappa shape index (κ3) is 3.82. The molecule has 1 saturated heterocycles. The maximum absolute atomic E-state index is 12.4. The summed E-state index contributed by atoms with van der Waals surface area (Å²) in [5.74, 6) is 0.847. The highest BCUT2D eigenvalue weighted by molar-refractivity contribution is 5.92. The normalized spacial score (nSPS) is 18.7. The monoisotopic (exact) mass is 327 g/mol. The van der Waals surface area contributed by atoms with Crippen molar-refractivity contribution < 1.29 is 4.79 Å². The van der Waals surface area contributed by atoms with Gasteiger partial charge in [-0.1, -0.05) is 32.9 Å². The zero-order chi connectivity index (χ0) is 17.2. The number of anilines is 1. The van der Waals surface area contributed by atoms with E-state index in [1.54, 1.807) is 0 Å². The summed E-state index contributed by atoms with van der Waals surface area (Å²) >= 11 is 0. The molecule has 1 atom stereocenters. The van der Waals surface area contributed by atoms with E-state index in [0.717, 1.165) is 30.9 Å². The molecule has 6 nitrogen and oxygen atoms in total. The number of benzene rings is 1. The van der Waals surface area contributed by atoms with Gasteiger partial charge in [-0.2, -0.15) is 5.10 Å². The third-order valence-corrected chi connectivity index (χ3v) is 4.49. The summed E-state index contributed by atoms with van der Waals surface area (Å²) in [4.78, 5) is 18.8. The van der Waals surface area contributed by atoms with Crippen LogP contribution in [0.5, 0.6) is 0 Å². The molecule has 0 bridgehead atoms. The van der Waals surface area contributed by atoms with Crippen LogP contribution in [-0.2, 0) is 10.2 Å². The van der Waals surface area contributed by atoms with Crippen molar-refractivity contribution in [2.24, 2.45) is 0 Å². The number of nitrogens with one attached hydrogen (secondary N) is 2. The molecule has 1 amide bonds. The minimum Gasteiger partial charge on any atom is -0.325 e. The molecule has 1 fully saturated rings. The van der Waals surface area contributed by atoms with Crippen LogP contribution in [0.2, 0.25) is 0 Å². The first kappa shape index (κ1) is 16.6. The van der Waals surface area contributed by atoms with Crippen molar-refractivity contribution in [1.82, 2.24) is 20.1 Å². The van der Waals surface area contributed by atoms with Gasteiger partial charge in [-0.25, -0.2) is 4.98 Å². The van der Waals surface area contributed by atoms with Crippen molar-refractivity contribution in [2.45, 2.75) is 45.1 Å². The third-order valence-electron chi connectivity index (χ3n) is 4.49. The van der Waals surface area contributed by atoms with Crippen molar-refractivity contribution in [1.29, 1.82) is 0 Å². The number of amides is 1. The second kappa shape index (κ2) is 6.73. The molecule has 1 aromatic heterocycles. The summed E-state index contributed by atoms with van der Waals surface area (Å²) in [5.41, 5.74) is 2.20. The molecule has 6 heteroatoms. The van der Waals surface area contributed by atoms with Crippen LogP contribution in [-0.4, -0.2) is 39.1 Å². The fourth-order valence-electron chi connectivity index (χ4n) is 3.14. The van der Waals surface area contributed by atoms with E-state index in [-0.39, 0.29) is 17.4 Å². The lowest BCUT2D eigenvalue weighted by molar-refractivity contribution is -0.117. The van der Waals surface area contributed by atoms with E-state index in [4.69, 9.17) is 0 Å². The quantitative estimate of drug-likeness (QED) is 0.905. The molecule has 0 unspecified atom stereocenters. The Morgan fingerprint density at radius 3 is 2.71 bits per heavy atom. The Morgan fingerprint density at radius 1 is 1.33 bits per heavy atom. The molecule has 1 aliphatic rings. The Kier molecular flexibility index (Phi) is 4.66. The fraction of sp³-hybridized carbons (Fsp3) is 0.500. The predicted molar refractivity (Wildman–Crippen MR) is 93.7 cm³/mol. The molecular formula is C18H25N5O. The first-order chi connectivity index (χ1) is 11.4. The number of aromatic amines is 1. The molecule has 0 saturated carbocycles. The molecule has 0 spiro atoms. The van der Waals surface area contributed by atoms with E-state index in [1.807, 2.05) is 12.1 Å². The Hall–Kier alpha value is -2.21. The minimum atomic E-state index is 0.00456. The van der Waals surface area contributed by atoms with Gasteiger partial charge in [0.25, 0.3) is 0 Å². The van der Waals surface area contributed by atoms with Crippen LogP contribution in [0.4, 0.5) is 5.69 Å². The highest BCUT2D eigenvalue weighted by Crippen LogP contribution is 2.29. The van der Waals surface area contributed by atoms with Crippen molar-refractivity contribution >= 4 is 11.6 Å². The van der Waals surface area contributed by atoms with Crippen molar-refractivity contribution in [2.75, 3.05) is 18.4 Å². The van der Waals surface area contributed by atoms with E-state index < -0.39 is 0 Å². The van der Waals surface area contributed by atoms with Crippen molar-refractivity contribution in [3.05, 3.63) is 42.0 Å². The summed E-state index contributed by atoms with van der Waals surface area (Å²) in [6, 6.07) is 8.24. The minimum absolute atomic E-state index is 0.00456. The van der Waals surface area contributed by atoms with Crippen LogP contribution >= 0.6 is 0 Å². The molecule has 2 N–H and O–H groups in total. The number of hydrogen-bond acceptors (Lipinski definition) is 4. The predicted octanol–water partition coefficient (Wildman–Crippen LogP) is 2.88. The van der Waals surface area contributed by atoms with Crippen LogP contribution in [0.1, 0.15) is 51.0 Å². The molecule has 3 rings (SSSR count). The van der Waals surface area contributed by atoms with Crippen LogP contribution < -0.4 is 5.32 Å². The average molecular weight is 327 g/mol. The molecular weight excluding hydrogens is 302 g/mol. The van der Waals surface area contributed by atoms with E-state index in [9.17, 15) is 4.79 Å². The molecule has 2 heterocycles.